The summed E-state index contributed by atoms with van der Waals surface area (Å²) >= 11 is 0. The fourth-order valence-electron chi connectivity index (χ4n) is 1.95. The molecule has 0 spiro atoms. The average molecular weight is 216 g/mol. The molecule has 0 saturated heterocycles. The van der Waals surface area contributed by atoms with Crippen molar-refractivity contribution in [2.24, 2.45) is 0 Å². The van der Waals surface area contributed by atoms with E-state index < -0.39 is 5.60 Å². The molecule has 15 heavy (non-hydrogen) atoms. The topological polar surface area (TPSA) is 40.5 Å². The van der Waals surface area contributed by atoms with Crippen molar-refractivity contribution in [3.8, 4) is 0 Å². The second-order valence-electron chi connectivity index (χ2n) is 4.61. The molecule has 0 aromatic carbocycles. The molecule has 0 radical (unpaired) electrons. The zero-order valence-electron chi connectivity index (χ0n) is 10.5. The van der Waals surface area contributed by atoms with Gasteiger partial charge < -0.3 is 10.2 Å². The van der Waals surface area contributed by atoms with E-state index in [1.165, 1.54) is 0 Å². The maximum atomic E-state index is 10.4. The van der Waals surface area contributed by atoms with Gasteiger partial charge in [-0.15, -0.1) is 0 Å². The van der Waals surface area contributed by atoms with E-state index in [1.54, 1.807) is 0 Å². The first kappa shape index (κ1) is 14.9. The Bertz CT molecular complexity index is 126. The van der Waals surface area contributed by atoms with Crippen molar-refractivity contribution < 1.29 is 10.2 Å². The van der Waals surface area contributed by atoms with Gasteiger partial charge in [0.1, 0.15) is 0 Å². The summed E-state index contributed by atoms with van der Waals surface area (Å²) in [5.74, 6) is 0. The number of rotatable bonds is 10. The molecular formula is C13H28O2. The minimum absolute atomic E-state index is 0.248. The highest BCUT2D eigenvalue weighted by Gasteiger charge is 2.24. The smallest absolute Gasteiger partial charge is 0.0647 e. The molecule has 2 N–H and O–H groups in total. The highest BCUT2D eigenvalue weighted by atomic mass is 16.3. The summed E-state index contributed by atoms with van der Waals surface area (Å²) in [6.07, 6.45) is 8.99. The molecule has 0 aromatic rings. The van der Waals surface area contributed by atoms with Gasteiger partial charge in [0.15, 0.2) is 0 Å². The number of unbranched alkanes of at least 4 members (excludes halogenated alkanes) is 3. The second-order valence-corrected chi connectivity index (χ2v) is 4.61. The van der Waals surface area contributed by atoms with Crippen molar-refractivity contribution >= 4 is 0 Å². The lowest BCUT2D eigenvalue weighted by atomic mass is 9.86. The molecule has 0 saturated carbocycles. The Morgan fingerprint density at radius 2 is 1.27 bits per heavy atom. The Morgan fingerprint density at radius 3 is 1.67 bits per heavy atom. The van der Waals surface area contributed by atoms with Gasteiger partial charge in [-0.1, -0.05) is 39.5 Å². The van der Waals surface area contributed by atoms with Crippen molar-refractivity contribution in [2.75, 3.05) is 6.61 Å². The zero-order chi connectivity index (χ0) is 11.6. The third-order valence-electron chi connectivity index (χ3n) is 3.04. The Hall–Kier alpha value is -0.0800. The minimum Gasteiger partial charge on any atom is -0.396 e. The lowest BCUT2D eigenvalue weighted by molar-refractivity contribution is 0.00715. The molecule has 0 aliphatic rings. The molecule has 0 fully saturated rings. The molecule has 0 aromatic heterocycles. The molecule has 0 bridgehead atoms. The van der Waals surface area contributed by atoms with E-state index in [4.69, 9.17) is 5.11 Å². The van der Waals surface area contributed by atoms with Crippen LogP contribution in [0, 0.1) is 0 Å². The van der Waals surface area contributed by atoms with Crippen molar-refractivity contribution in [1.29, 1.82) is 0 Å². The van der Waals surface area contributed by atoms with Crippen molar-refractivity contribution in [3.05, 3.63) is 0 Å². The predicted octanol–water partition coefficient (Wildman–Crippen LogP) is 3.26. The van der Waals surface area contributed by atoms with Crippen LogP contribution in [-0.2, 0) is 0 Å². The molecule has 0 atom stereocenters. The summed E-state index contributed by atoms with van der Waals surface area (Å²) in [5, 5.41) is 19.2. The summed E-state index contributed by atoms with van der Waals surface area (Å²) in [7, 11) is 0. The maximum absolute atomic E-state index is 10.4. The summed E-state index contributed by atoms with van der Waals surface area (Å²) in [6.45, 7) is 4.57. The summed E-state index contributed by atoms with van der Waals surface area (Å²) < 4.78 is 0. The van der Waals surface area contributed by atoms with E-state index >= 15 is 0 Å². The molecule has 2 nitrogen and oxygen atoms in total. The lowest BCUT2D eigenvalue weighted by Crippen LogP contribution is -2.28. The zero-order valence-corrected chi connectivity index (χ0v) is 10.5. The van der Waals surface area contributed by atoms with Crippen LogP contribution in [0.5, 0.6) is 0 Å². The number of aliphatic hydroxyl groups is 2. The van der Waals surface area contributed by atoms with Gasteiger partial charge >= 0.3 is 0 Å². The predicted molar refractivity (Wildman–Crippen MR) is 64.9 cm³/mol. The van der Waals surface area contributed by atoms with Crippen LogP contribution in [-0.4, -0.2) is 22.4 Å². The number of hydrogen-bond acceptors (Lipinski definition) is 2. The molecular weight excluding hydrogens is 188 g/mol. The van der Waals surface area contributed by atoms with Crippen molar-refractivity contribution in [1.82, 2.24) is 0 Å². The highest BCUT2D eigenvalue weighted by Crippen LogP contribution is 2.27. The molecule has 0 amide bonds. The standard InChI is InChI=1S/C13H28O2/c1-3-5-9-13(15,10-6-4-2)11-7-8-12-14/h14-15H,3-12H2,1-2H3. The first-order valence-electron chi connectivity index (χ1n) is 6.51. The lowest BCUT2D eigenvalue weighted by Gasteiger charge is -2.28. The van der Waals surface area contributed by atoms with Crippen LogP contribution in [0.25, 0.3) is 0 Å². The Morgan fingerprint density at radius 1 is 0.800 bits per heavy atom. The van der Waals surface area contributed by atoms with Crippen LogP contribution in [0.2, 0.25) is 0 Å². The van der Waals surface area contributed by atoms with E-state index in [9.17, 15) is 5.11 Å². The van der Waals surface area contributed by atoms with Gasteiger partial charge in [0.25, 0.3) is 0 Å². The van der Waals surface area contributed by atoms with Crippen LogP contribution in [0.4, 0.5) is 0 Å². The van der Waals surface area contributed by atoms with E-state index in [0.717, 1.165) is 57.8 Å². The molecule has 0 unspecified atom stereocenters. The second kappa shape index (κ2) is 9.17. The molecule has 92 valence electrons. The monoisotopic (exact) mass is 216 g/mol. The third kappa shape index (κ3) is 7.80. The fourth-order valence-corrected chi connectivity index (χ4v) is 1.95. The van der Waals surface area contributed by atoms with Crippen LogP contribution in [0.3, 0.4) is 0 Å². The third-order valence-corrected chi connectivity index (χ3v) is 3.04. The van der Waals surface area contributed by atoms with E-state index in [-0.39, 0.29) is 6.61 Å². The number of hydrogen-bond donors (Lipinski definition) is 2. The van der Waals surface area contributed by atoms with E-state index in [1.807, 2.05) is 0 Å². The van der Waals surface area contributed by atoms with Gasteiger partial charge in [-0.3, -0.25) is 0 Å². The van der Waals surface area contributed by atoms with Crippen LogP contribution in [0.1, 0.15) is 71.6 Å². The quantitative estimate of drug-likeness (QED) is 0.550. The van der Waals surface area contributed by atoms with Gasteiger partial charge in [0.2, 0.25) is 0 Å². The molecule has 2 heteroatoms. The Balaban J connectivity index is 3.89. The summed E-state index contributed by atoms with van der Waals surface area (Å²) in [4.78, 5) is 0. The van der Waals surface area contributed by atoms with Crippen LogP contribution < -0.4 is 0 Å². The van der Waals surface area contributed by atoms with Gasteiger partial charge in [0, 0.05) is 6.61 Å². The van der Waals surface area contributed by atoms with Crippen LogP contribution in [0.15, 0.2) is 0 Å². The first-order chi connectivity index (χ1) is 7.18. The van der Waals surface area contributed by atoms with Crippen molar-refractivity contribution in [3.63, 3.8) is 0 Å². The number of aliphatic hydroxyl groups excluding tert-OH is 1. The van der Waals surface area contributed by atoms with E-state index in [2.05, 4.69) is 13.8 Å². The first-order valence-corrected chi connectivity index (χ1v) is 6.51. The van der Waals surface area contributed by atoms with Gasteiger partial charge in [-0.05, 0) is 32.1 Å². The fraction of sp³-hybridized carbons (Fsp3) is 1.00. The summed E-state index contributed by atoms with van der Waals surface area (Å²) in [5.41, 5.74) is -0.457. The summed E-state index contributed by atoms with van der Waals surface area (Å²) in [6, 6.07) is 0. The van der Waals surface area contributed by atoms with Gasteiger partial charge in [-0.2, -0.15) is 0 Å². The largest absolute Gasteiger partial charge is 0.396 e. The van der Waals surface area contributed by atoms with Crippen molar-refractivity contribution in [2.45, 2.75) is 77.2 Å². The maximum Gasteiger partial charge on any atom is 0.0647 e. The highest BCUT2D eigenvalue weighted by molar-refractivity contribution is 4.78. The molecule has 0 heterocycles. The van der Waals surface area contributed by atoms with Gasteiger partial charge in [-0.25, -0.2) is 0 Å². The molecule has 0 rings (SSSR count). The molecule has 0 aliphatic heterocycles. The Kier molecular flexibility index (Phi) is 9.12. The minimum atomic E-state index is -0.457. The average Bonchev–Trinajstić information content (AvgIpc) is 2.24. The van der Waals surface area contributed by atoms with Gasteiger partial charge in [0.05, 0.1) is 5.60 Å². The van der Waals surface area contributed by atoms with E-state index in [0.29, 0.717) is 0 Å². The van der Waals surface area contributed by atoms with Crippen LogP contribution >= 0.6 is 0 Å². The molecule has 0 aliphatic carbocycles. The normalized spacial score (nSPS) is 12.0. The SMILES string of the molecule is CCCCC(O)(CCCC)CCCCO. The Labute approximate surface area is 94.7 Å².